The number of thiol groups is 1. The van der Waals surface area contributed by atoms with Crippen LogP contribution in [0.25, 0.3) is 10.9 Å². The van der Waals surface area contributed by atoms with E-state index in [0.717, 1.165) is 5.69 Å². The molecule has 0 saturated carbocycles. The van der Waals surface area contributed by atoms with Gasteiger partial charge in [-0.15, -0.1) is 17.7 Å². The van der Waals surface area contributed by atoms with E-state index in [1.165, 1.54) is 6.07 Å². The predicted octanol–water partition coefficient (Wildman–Crippen LogP) is 4.64. The standard InChI is InChI=1S/C16H11N3O2S/c20-16(21)13-7-6-11-12(8-9-14(22)15(11)17-13)19-18-10-4-2-1-3-5-10/h1-9,22H,(H,20,21). The number of hydrogen-bond acceptors (Lipinski definition) is 5. The molecule has 0 spiro atoms. The molecule has 108 valence electrons. The van der Waals surface area contributed by atoms with Crippen LogP contribution in [0.1, 0.15) is 10.5 Å². The minimum Gasteiger partial charge on any atom is -0.477 e. The van der Waals surface area contributed by atoms with Crippen LogP contribution < -0.4 is 0 Å². The van der Waals surface area contributed by atoms with Crippen molar-refractivity contribution in [2.24, 2.45) is 10.2 Å². The van der Waals surface area contributed by atoms with Gasteiger partial charge in [-0.3, -0.25) is 0 Å². The quantitative estimate of drug-likeness (QED) is 0.547. The van der Waals surface area contributed by atoms with E-state index in [4.69, 9.17) is 5.11 Å². The number of carboxylic acid groups (broad SMARTS) is 1. The van der Waals surface area contributed by atoms with Gasteiger partial charge < -0.3 is 5.11 Å². The van der Waals surface area contributed by atoms with Gasteiger partial charge in [0.2, 0.25) is 0 Å². The highest BCUT2D eigenvalue weighted by Gasteiger charge is 2.10. The normalized spacial score (nSPS) is 11.1. The number of aromatic carboxylic acids is 1. The third kappa shape index (κ3) is 2.82. The SMILES string of the molecule is O=C(O)c1ccc2c(N=Nc3ccccc3)ccc(S)c2n1. The van der Waals surface area contributed by atoms with E-state index >= 15 is 0 Å². The topological polar surface area (TPSA) is 74.9 Å². The number of carbonyl (C=O) groups is 1. The predicted molar refractivity (Wildman–Crippen MR) is 86.6 cm³/mol. The molecule has 0 atom stereocenters. The summed E-state index contributed by atoms with van der Waals surface area (Å²) in [7, 11) is 0. The Morgan fingerprint density at radius 2 is 1.77 bits per heavy atom. The molecule has 2 aromatic carbocycles. The maximum absolute atomic E-state index is 11.0. The van der Waals surface area contributed by atoms with Crippen LogP contribution in [0.15, 0.2) is 69.7 Å². The summed E-state index contributed by atoms with van der Waals surface area (Å²) in [5.41, 5.74) is 1.81. The van der Waals surface area contributed by atoms with E-state index in [1.54, 1.807) is 18.2 Å². The van der Waals surface area contributed by atoms with Gasteiger partial charge in [-0.1, -0.05) is 18.2 Å². The molecule has 22 heavy (non-hydrogen) atoms. The number of benzene rings is 2. The van der Waals surface area contributed by atoms with E-state index in [0.29, 0.717) is 21.5 Å². The lowest BCUT2D eigenvalue weighted by Gasteiger charge is -2.04. The fourth-order valence-electron chi connectivity index (χ4n) is 2.00. The number of pyridine rings is 1. The highest BCUT2D eigenvalue weighted by atomic mass is 32.1. The van der Waals surface area contributed by atoms with Crippen molar-refractivity contribution in [1.29, 1.82) is 0 Å². The Bertz CT molecular complexity index is 879. The number of rotatable bonds is 3. The molecule has 0 unspecified atom stereocenters. The van der Waals surface area contributed by atoms with Crippen molar-refractivity contribution in [3.8, 4) is 0 Å². The highest BCUT2D eigenvalue weighted by Crippen LogP contribution is 2.31. The summed E-state index contributed by atoms with van der Waals surface area (Å²) in [6, 6.07) is 16.0. The summed E-state index contributed by atoms with van der Waals surface area (Å²) in [4.78, 5) is 15.7. The molecule has 0 fully saturated rings. The minimum atomic E-state index is -1.08. The third-order valence-electron chi connectivity index (χ3n) is 3.06. The Labute approximate surface area is 131 Å². The molecule has 5 nitrogen and oxygen atoms in total. The number of hydrogen-bond donors (Lipinski definition) is 2. The molecule has 3 rings (SSSR count). The van der Waals surface area contributed by atoms with Gasteiger partial charge in [0.05, 0.1) is 16.9 Å². The van der Waals surface area contributed by atoms with Crippen LogP contribution in [0.4, 0.5) is 11.4 Å². The zero-order valence-electron chi connectivity index (χ0n) is 11.3. The zero-order valence-corrected chi connectivity index (χ0v) is 12.2. The van der Waals surface area contributed by atoms with Crippen LogP contribution in [-0.4, -0.2) is 16.1 Å². The molecule has 0 aliphatic heterocycles. The summed E-state index contributed by atoms with van der Waals surface area (Å²) in [5, 5.41) is 18.1. The Morgan fingerprint density at radius 1 is 1.00 bits per heavy atom. The van der Waals surface area contributed by atoms with Crippen molar-refractivity contribution in [3.63, 3.8) is 0 Å². The monoisotopic (exact) mass is 309 g/mol. The molecular formula is C16H11N3O2S. The molecule has 1 N–H and O–H groups in total. The third-order valence-corrected chi connectivity index (χ3v) is 3.42. The summed E-state index contributed by atoms with van der Waals surface area (Å²) < 4.78 is 0. The van der Waals surface area contributed by atoms with Gasteiger partial charge in [-0.2, -0.15) is 5.11 Å². The maximum atomic E-state index is 11.0. The van der Waals surface area contributed by atoms with Crippen LogP contribution in [-0.2, 0) is 0 Å². The van der Waals surface area contributed by atoms with Crippen LogP contribution >= 0.6 is 12.6 Å². The number of carboxylic acids is 1. The van der Waals surface area contributed by atoms with Gasteiger partial charge in [0.1, 0.15) is 5.69 Å². The summed E-state index contributed by atoms with van der Waals surface area (Å²) in [6.07, 6.45) is 0. The molecule has 0 aliphatic carbocycles. The first kappa shape index (κ1) is 14.2. The average molecular weight is 309 g/mol. The van der Waals surface area contributed by atoms with Crippen molar-refractivity contribution in [1.82, 2.24) is 4.98 Å². The van der Waals surface area contributed by atoms with Crippen molar-refractivity contribution in [3.05, 3.63) is 60.3 Å². The lowest BCUT2D eigenvalue weighted by molar-refractivity contribution is 0.0691. The molecule has 1 heterocycles. The molecule has 0 amide bonds. The van der Waals surface area contributed by atoms with E-state index in [1.807, 2.05) is 30.3 Å². The number of nitrogens with zero attached hydrogens (tertiary/aromatic N) is 3. The van der Waals surface area contributed by atoms with Crippen LogP contribution in [0.2, 0.25) is 0 Å². The van der Waals surface area contributed by atoms with E-state index in [-0.39, 0.29) is 5.69 Å². The fourth-order valence-corrected chi connectivity index (χ4v) is 2.25. The minimum absolute atomic E-state index is 0.0278. The van der Waals surface area contributed by atoms with Crippen LogP contribution in [0.5, 0.6) is 0 Å². The summed E-state index contributed by atoms with van der Waals surface area (Å²) in [6.45, 7) is 0. The van der Waals surface area contributed by atoms with Crippen LogP contribution in [0.3, 0.4) is 0 Å². The van der Waals surface area contributed by atoms with Crippen molar-refractivity contribution in [2.45, 2.75) is 4.90 Å². The Morgan fingerprint density at radius 3 is 2.50 bits per heavy atom. The highest BCUT2D eigenvalue weighted by molar-refractivity contribution is 7.80. The second-order valence-electron chi connectivity index (χ2n) is 4.54. The zero-order chi connectivity index (χ0) is 15.5. The van der Waals surface area contributed by atoms with Crippen LogP contribution in [0, 0.1) is 0 Å². The maximum Gasteiger partial charge on any atom is 0.354 e. The lowest BCUT2D eigenvalue weighted by atomic mass is 10.1. The molecular weight excluding hydrogens is 298 g/mol. The fraction of sp³-hybridized carbons (Fsp3) is 0. The van der Waals surface area contributed by atoms with Gasteiger partial charge in [0, 0.05) is 10.3 Å². The number of azo groups is 1. The smallest absolute Gasteiger partial charge is 0.354 e. The molecule has 1 aromatic heterocycles. The number of aromatic nitrogens is 1. The average Bonchev–Trinajstić information content (AvgIpc) is 2.55. The largest absolute Gasteiger partial charge is 0.477 e. The van der Waals surface area contributed by atoms with Crippen molar-refractivity contribution in [2.75, 3.05) is 0 Å². The molecule has 0 aliphatic rings. The second-order valence-corrected chi connectivity index (χ2v) is 5.02. The van der Waals surface area contributed by atoms with Gasteiger partial charge in [-0.25, -0.2) is 9.78 Å². The summed E-state index contributed by atoms with van der Waals surface area (Å²) in [5.74, 6) is -1.08. The van der Waals surface area contributed by atoms with E-state index < -0.39 is 5.97 Å². The first-order valence-electron chi connectivity index (χ1n) is 6.48. The molecule has 6 heteroatoms. The van der Waals surface area contributed by atoms with Crippen molar-refractivity contribution < 1.29 is 9.90 Å². The van der Waals surface area contributed by atoms with E-state index in [9.17, 15) is 4.79 Å². The first-order chi connectivity index (χ1) is 10.6. The molecule has 0 saturated heterocycles. The van der Waals surface area contributed by atoms with Gasteiger partial charge in [0.25, 0.3) is 0 Å². The van der Waals surface area contributed by atoms with E-state index in [2.05, 4.69) is 27.8 Å². The van der Waals surface area contributed by atoms with Crippen molar-refractivity contribution >= 4 is 40.9 Å². The van der Waals surface area contributed by atoms with Gasteiger partial charge in [0.15, 0.2) is 0 Å². The molecule has 0 bridgehead atoms. The Balaban J connectivity index is 2.09. The van der Waals surface area contributed by atoms with Gasteiger partial charge >= 0.3 is 5.97 Å². The Kier molecular flexibility index (Phi) is 3.84. The summed E-state index contributed by atoms with van der Waals surface area (Å²) >= 11 is 4.32. The Hall–Kier alpha value is -2.73. The number of fused-ring (bicyclic) bond motifs is 1. The lowest BCUT2D eigenvalue weighted by Crippen LogP contribution is -2.00. The van der Waals surface area contributed by atoms with Gasteiger partial charge in [-0.05, 0) is 36.4 Å². The molecule has 3 aromatic rings. The first-order valence-corrected chi connectivity index (χ1v) is 6.93. The molecule has 0 radical (unpaired) electrons. The second kappa shape index (κ2) is 5.95.